The van der Waals surface area contributed by atoms with E-state index < -0.39 is 23.5 Å². The van der Waals surface area contributed by atoms with Gasteiger partial charge >= 0.3 is 0 Å². The Morgan fingerprint density at radius 3 is 2.63 bits per heavy atom. The number of ketones is 1. The number of aromatic nitrogens is 1. The van der Waals surface area contributed by atoms with Crippen LogP contribution in [0.4, 0.5) is 0 Å². The second kappa shape index (κ2) is 9.48. The molecule has 6 nitrogen and oxygen atoms in total. The minimum atomic E-state index is -0.756. The average molecular weight is 503 g/mol. The highest BCUT2D eigenvalue weighted by Gasteiger charge is 2.44. The zero-order chi connectivity index (χ0) is 24.5. The van der Waals surface area contributed by atoms with Gasteiger partial charge in [-0.3, -0.25) is 9.59 Å². The van der Waals surface area contributed by atoms with Crippen molar-refractivity contribution in [2.24, 2.45) is 0 Å². The van der Waals surface area contributed by atoms with Crippen molar-refractivity contribution < 1.29 is 19.4 Å². The van der Waals surface area contributed by atoms with Crippen LogP contribution in [0.2, 0.25) is 0 Å². The molecule has 1 atom stereocenters. The zero-order valence-corrected chi connectivity index (χ0v) is 20.7. The fraction of sp³-hybridized carbons (Fsp3) is 0.148. The summed E-state index contributed by atoms with van der Waals surface area (Å²) in [6.45, 7) is 2.05. The van der Waals surface area contributed by atoms with Gasteiger partial charge in [0.05, 0.1) is 35.8 Å². The fourth-order valence-electron chi connectivity index (χ4n) is 4.21. The Labute approximate surface area is 210 Å². The number of carbonyl (C=O) groups is 2. The maximum absolute atomic E-state index is 13.9. The van der Waals surface area contributed by atoms with Crippen molar-refractivity contribution in [3.8, 4) is 16.3 Å². The molecule has 8 heteroatoms. The lowest BCUT2D eigenvalue weighted by molar-refractivity contribution is -0.130. The van der Waals surface area contributed by atoms with Crippen molar-refractivity contribution in [3.05, 3.63) is 104 Å². The molecule has 1 N–H and O–H groups in total. The molecule has 3 heterocycles. The van der Waals surface area contributed by atoms with Crippen molar-refractivity contribution in [2.45, 2.75) is 19.5 Å². The number of Topliss-reactive ketones (excluding diaryl/α,β-unsaturated/α-hetero) is 1. The van der Waals surface area contributed by atoms with Gasteiger partial charge in [0.1, 0.15) is 10.8 Å². The van der Waals surface area contributed by atoms with E-state index in [0.29, 0.717) is 26.9 Å². The quantitative estimate of drug-likeness (QED) is 0.315. The number of benzene rings is 2. The van der Waals surface area contributed by atoms with Crippen molar-refractivity contribution >= 4 is 34.4 Å². The van der Waals surface area contributed by atoms with Crippen LogP contribution in [0.1, 0.15) is 31.8 Å². The first-order chi connectivity index (χ1) is 17.0. The molecule has 35 heavy (non-hydrogen) atoms. The Balaban J connectivity index is 1.59. The third kappa shape index (κ3) is 4.26. The van der Waals surface area contributed by atoms with E-state index in [1.807, 2.05) is 60.0 Å². The van der Waals surface area contributed by atoms with Gasteiger partial charge in [0, 0.05) is 10.4 Å². The number of methoxy groups -OCH3 is 1. The van der Waals surface area contributed by atoms with Gasteiger partial charge in [-0.1, -0.05) is 48.5 Å². The smallest absolute Gasteiger partial charge is 0.290 e. The first-order valence-corrected chi connectivity index (χ1v) is 12.7. The second-order valence-electron chi connectivity index (χ2n) is 8.08. The summed E-state index contributed by atoms with van der Waals surface area (Å²) < 4.78 is 5.39. The Bertz CT molecular complexity index is 1420. The maximum atomic E-state index is 13.9. The number of hydrogen-bond donors (Lipinski definition) is 1. The molecule has 0 aliphatic carbocycles. The van der Waals surface area contributed by atoms with Gasteiger partial charge in [-0.25, -0.2) is 4.98 Å². The number of hydrogen-bond acceptors (Lipinski definition) is 7. The van der Waals surface area contributed by atoms with Crippen LogP contribution < -0.4 is 4.74 Å². The van der Waals surface area contributed by atoms with Crippen LogP contribution in [0.5, 0.6) is 5.75 Å². The average Bonchev–Trinajstić information content (AvgIpc) is 3.60. The predicted octanol–water partition coefficient (Wildman–Crippen LogP) is 5.97. The first-order valence-electron chi connectivity index (χ1n) is 11.0. The Morgan fingerprint density at radius 1 is 1.11 bits per heavy atom. The number of aliphatic hydroxyl groups is 1. The van der Waals surface area contributed by atoms with Gasteiger partial charge in [-0.2, -0.15) is 0 Å². The minimum absolute atomic E-state index is 0.0613. The number of thiazole rings is 1. The normalized spacial score (nSPS) is 15.7. The van der Waals surface area contributed by atoms with Crippen LogP contribution >= 0.6 is 22.7 Å². The van der Waals surface area contributed by atoms with E-state index in [0.717, 1.165) is 10.4 Å². The highest BCUT2D eigenvalue weighted by atomic mass is 32.1. The van der Waals surface area contributed by atoms with Crippen molar-refractivity contribution in [3.63, 3.8) is 0 Å². The Morgan fingerprint density at radius 2 is 1.91 bits per heavy atom. The lowest BCUT2D eigenvalue weighted by Crippen LogP contribution is -2.30. The summed E-state index contributed by atoms with van der Waals surface area (Å²) in [5, 5.41) is 13.6. The number of aryl methyl sites for hydroxylation is 1. The fourth-order valence-corrected chi connectivity index (χ4v) is 5.94. The summed E-state index contributed by atoms with van der Waals surface area (Å²) in [6.07, 6.45) is 0. The molecule has 1 amide bonds. The maximum Gasteiger partial charge on any atom is 0.290 e. The number of amides is 1. The van der Waals surface area contributed by atoms with Crippen LogP contribution in [-0.2, 0) is 11.3 Å². The summed E-state index contributed by atoms with van der Waals surface area (Å²) in [6, 6.07) is 19.9. The summed E-state index contributed by atoms with van der Waals surface area (Å²) in [4.78, 5) is 34.7. The van der Waals surface area contributed by atoms with Gasteiger partial charge in [0.15, 0.2) is 5.76 Å². The highest BCUT2D eigenvalue weighted by molar-refractivity contribution is 7.17. The molecule has 1 aliphatic heterocycles. The number of carbonyl (C=O) groups excluding carboxylic acids is 2. The first kappa shape index (κ1) is 23.0. The molecule has 2 aromatic carbocycles. The summed E-state index contributed by atoms with van der Waals surface area (Å²) in [5.74, 6) is -0.882. The third-order valence-electron chi connectivity index (χ3n) is 5.89. The number of ether oxygens (including phenoxy) is 1. The van der Waals surface area contributed by atoms with Gasteiger partial charge in [0.25, 0.3) is 5.91 Å². The SMILES string of the molecule is COc1cccc(C2C(C(=O)c3sc(-c4ccccc4)nc3C)=C(O)C(=O)N2Cc2cccs2)c1. The number of nitrogens with zero attached hydrogens (tertiary/aromatic N) is 2. The van der Waals surface area contributed by atoms with E-state index in [1.165, 1.54) is 27.6 Å². The van der Waals surface area contributed by atoms with Crippen LogP contribution in [0.3, 0.4) is 0 Å². The second-order valence-corrected chi connectivity index (χ2v) is 10.1. The topological polar surface area (TPSA) is 79.7 Å². The lowest BCUT2D eigenvalue weighted by atomic mass is 9.95. The lowest BCUT2D eigenvalue weighted by Gasteiger charge is -2.26. The van der Waals surface area contributed by atoms with Gasteiger partial charge in [0.2, 0.25) is 5.78 Å². The van der Waals surface area contributed by atoms with Crippen molar-refractivity contribution in [1.29, 1.82) is 0 Å². The molecule has 5 rings (SSSR count). The van der Waals surface area contributed by atoms with Gasteiger partial charge in [-0.15, -0.1) is 22.7 Å². The monoisotopic (exact) mass is 502 g/mol. The van der Waals surface area contributed by atoms with E-state index in [-0.39, 0.29) is 12.1 Å². The molecule has 0 fully saturated rings. The molecule has 0 saturated heterocycles. The largest absolute Gasteiger partial charge is 0.503 e. The molecule has 0 spiro atoms. The highest BCUT2D eigenvalue weighted by Crippen LogP contribution is 2.42. The van der Waals surface area contributed by atoms with E-state index in [1.54, 1.807) is 26.2 Å². The van der Waals surface area contributed by atoms with Crippen molar-refractivity contribution in [1.82, 2.24) is 9.88 Å². The predicted molar refractivity (Wildman–Crippen MR) is 137 cm³/mol. The molecule has 0 saturated carbocycles. The van der Waals surface area contributed by atoms with Crippen LogP contribution in [0, 0.1) is 6.92 Å². The van der Waals surface area contributed by atoms with Crippen molar-refractivity contribution in [2.75, 3.05) is 7.11 Å². The van der Waals surface area contributed by atoms with Gasteiger partial charge in [-0.05, 0) is 36.1 Å². The number of thiophene rings is 1. The molecule has 1 unspecified atom stereocenters. The van der Waals surface area contributed by atoms with E-state index in [4.69, 9.17) is 4.74 Å². The molecule has 1 aliphatic rings. The minimum Gasteiger partial charge on any atom is -0.503 e. The number of aliphatic hydroxyl groups excluding tert-OH is 1. The number of rotatable bonds is 7. The van der Waals surface area contributed by atoms with E-state index in [2.05, 4.69) is 4.98 Å². The van der Waals surface area contributed by atoms with Crippen LogP contribution in [0.15, 0.2) is 83.4 Å². The molecule has 0 bridgehead atoms. The molecule has 4 aromatic rings. The summed E-state index contributed by atoms with van der Waals surface area (Å²) in [7, 11) is 1.56. The molecule has 176 valence electrons. The van der Waals surface area contributed by atoms with E-state index >= 15 is 0 Å². The molecule has 2 aromatic heterocycles. The standard InChI is InChI=1S/C27H22N2O4S2/c1-16-25(35-26(28-16)17-8-4-3-5-9-17)23(30)21-22(18-10-6-11-19(14-18)33-2)29(27(32)24(21)31)15-20-12-7-13-34-20/h3-14,22,31H,15H2,1-2H3. The van der Waals surface area contributed by atoms with E-state index in [9.17, 15) is 14.7 Å². The van der Waals surface area contributed by atoms with Crippen LogP contribution in [0.25, 0.3) is 10.6 Å². The Hall–Kier alpha value is -3.75. The molecular formula is C27H22N2O4S2. The zero-order valence-electron chi connectivity index (χ0n) is 19.1. The third-order valence-corrected chi connectivity index (χ3v) is 7.95. The summed E-state index contributed by atoms with van der Waals surface area (Å²) in [5.41, 5.74) is 2.22. The van der Waals surface area contributed by atoms with Gasteiger partial charge < -0.3 is 14.7 Å². The molecular weight excluding hydrogens is 480 g/mol. The Kier molecular flexibility index (Phi) is 6.23. The molecule has 0 radical (unpaired) electrons. The summed E-state index contributed by atoms with van der Waals surface area (Å²) >= 11 is 2.78. The van der Waals surface area contributed by atoms with Crippen LogP contribution in [-0.4, -0.2) is 33.8 Å².